The molecule has 78 valence electrons. The Balaban J connectivity index is 1.97. The first-order valence-corrected chi connectivity index (χ1v) is 5.67. The molecule has 0 radical (unpaired) electrons. The minimum Gasteiger partial charge on any atom is -0.339 e. The van der Waals surface area contributed by atoms with Gasteiger partial charge in [-0.1, -0.05) is 18.9 Å². The van der Waals surface area contributed by atoms with E-state index in [9.17, 15) is 4.79 Å². The van der Waals surface area contributed by atoms with E-state index in [0.29, 0.717) is 5.41 Å². The summed E-state index contributed by atoms with van der Waals surface area (Å²) < 4.78 is 0. The Morgan fingerprint density at radius 2 is 2.00 bits per heavy atom. The zero-order valence-electron chi connectivity index (χ0n) is 8.96. The molecule has 1 amide bonds. The van der Waals surface area contributed by atoms with Gasteiger partial charge >= 0.3 is 0 Å². The number of likely N-dealkylation sites (tertiary alicyclic amines) is 1. The van der Waals surface area contributed by atoms with E-state index in [2.05, 4.69) is 0 Å². The standard InChI is InChI=1S/C12H19NO/c1-2-5-11(14)13-9-8-12(10-13)6-3-4-7-12/h2,5H,3-4,6-10H2,1H3/b5-2+. The fourth-order valence-electron chi connectivity index (χ4n) is 2.90. The maximum Gasteiger partial charge on any atom is 0.246 e. The van der Waals surface area contributed by atoms with Crippen molar-refractivity contribution in [1.82, 2.24) is 4.90 Å². The van der Waals surface area contributed by atoms with Crippen LogP contribution in [-0.4, -0.2) is 23.9 Å². The summed E-state index contributed by atoms with van der Waals surface area (Å²) in [5.74, 6) is 0.205. The van der Waals surface area contributed by atoms with Gasteiger partial charge in [-0.15, -0.1) is 0 Å². The van der Waals surface area contributed by atoms with Crippen LogP contribution in [0.4, 0.5) is 0 Å². The predicted molar refractivity (Wildman–Crippen MR) is 56.9 cm³/mol. The first-order chi connectivity index (χ1) is 6.76. The second-order valence-electron chi connectivity index (χ2n) is 4.72. The first kappa shape index (κ1) is 9.75. The van der Waals surface area contributed by atoms with Gasteiger partial charge in [0.25, 0.3) is 0 Å². The van der Waals surface area contributed by atoms with E-state index in [0.717, 1.165) is 13.1 Å². The van der Waals surface area contributed by atoms with Crippen LogP contribution in [0.15, 0.2) is 12.2 Å². The van der Waals surface area contributed by atoms with Crippen molar-refractivity contribution >= 4 is 5.91 Å². The molecule has 2 fully saturated rings. The molecular weight excluding hydrogens is 174 g/mol. The molecular formula is C12H19NO. The molecule has 1 spiro atoms. The van der Waals surface area contributed by atoms with E-state index in [-0.39, 0.29) is 5.91 Å². The highest BCUT2D eigenvalue weighted by Crippen LogP contribution is 2.45. The van der Waals surface area contributed by atoms with Crippen LogP contribution in [-0.2, 0) is 4.79 Å². The zero-order valence-corrected chi connectivity index (χ0v) is 8.96. The van der Waals surface area contributed by atoms with E-state index < -0.39 is 0 Å². The lowest BCUT2D eigenvalue weighted by atomic mass is 9.86. The quantitative estimate of drug-likeness (QED) is 0.585. The number of nitrogens with zero attached hydrogens (tertiary/aromatic N) is 1. The molecule has 1 heterocycles. The molecule has 14 heavy (non-hydrogen) atoms. The summed E-state index contributed by atoms with van der Waals surface area (Å²) in [7, 11) is 0. The summed E-state index contributed by atoms with van der Waals surface area (Å²) in [5.41, 5.74) is 0.511. The zero-order chi connectivity index (χ0) is 10.0. The summed E-state index contributed by atoms with van der Waals surface area (Å²) >= 11 is 0. The van der Waals surface area contributed by atoms with Crippen LogP contribution in [0.25, 0.3) is 0 Å². The third-order valence-corrected chi connectivity index (χ3v) is 3.72. The first-order valence-electron chi connectivity index (χ1n) is 5.67. The van der Waals surface area contributed by atoms with Gasteiger partial charge in [0.1, 0.15) is 0 Å². The van der Waals surface area contributed by atoms with Crippen LogP contribution in [0.1, 0.15) is 39.0 Å². The van der Waals surface area contributed by atoms with Gasteiger partial charge in [-0.2, -0.15) is 0 Å². The van der Waals surface area contributed by atoms with Crippen LogP contribution >= 0.6 is 0 Å². The molecule has 2 aliphatic rings. The summed E-state index contributed by atoms with van der Waals surface area (Å²) in [5, 5.41) is 0. The Labute approximate surface area is 86.0 Å². The lowest BCUT2D eigenvalue weighted by molar-refractivity contribution is -0.125. The van der Waals surface area contributed by atoms with Gasteiger partial charge < -0.3 is 4.90 Å². The molecule has 0 N–H and O–H groups in total. The summed E-state index contributed by atoms with van der Waals surface area (Å²) in [6.45, 7) is 3.89. The molecule has 0 atom stereocenters. The van der Waals surface area contributed by atoms with E-state index in [1.807, 2.05) is 17.9 Å². The highest BCUT2D eigenvalue weighted by molar-refractivity contribution is 5.87. The summed E-state index contributed by atoms with van der Waals surface area (Å²) in [6, 6.07) is 0. The van der Waals surface area contributed by atoms with Crippen molar-refractivity contribution in [1.29, 1.82) is 0 Å². The number of rotatable bonds is 1. The molecule has 0 bridgehead atoms. The van der Waals surface area contributed by atoms with E-state index >= 15 is 0 Å². The Kier molecular flexibility index (Phi) is 2.62. The van der Waals surface area contributed by atoms with Crippen LogP contribution < -0.4 is 0 Å². The lowest BCUT2D eigenvalue weighted by Crippen LogP contribution is -2.29. The highest BCUT2D eigenvalue weighted by Gasteiger charge is 2.41. The summed E-state index contributed by atoms with van der Waals surface area (Å²) in [6.07, 6.45) is 10.2. The van der Waals surface area contributed by atoms with Gasteiger partial charge in [-0.3, -0.25) is 4.79 Å². The Hall–Kier alpha value is -0.790. The molecule has 2 heteroatoms. The Bertz CT molecular complexity index is 251. The Morgan fingerprint density at radius 1 is 1.29 bits per heavy atom. The number of hydrogen-bond acceptors (Lipinski definition) is 1. The highest BCUT2D eigenvalue weighted by atomic mass is 16.2. The molecule has 0 aromatic carbocycles. The monoisotopic (exact) mass is 193 g/mol. The average Bonchev–Trinajstić information content (AvgIpc) is 2.78. The maximum atomic E-state index is 11.6. The maximum absolute atomic E-state index is 11.6. The average molecular weight is 193 g/mol. The largest absolute Gasteiger partial charge is 0.339 e. The van der Waals surface area contributed by atoms with Crippen molar-refractivity contribution in [2.45, 2.75) is 39.0 Å². The minimum absolute atomic E-state index is 0.205. The Morgan fingerprint density at radius 3 is 2.64 bits per heavy atom. The van der Waals surface area contributed by atoms with Crippen molar-refractivity contribution in [3.63, 3.8) is 0 Å². The minimum atomic E-state index is 0.205. The van der Waals surface area contributed by atoms with Crippen LogP contribution in [0.3, 0.4) is 0 Å². The number of carbonyl (C=O) groups is 1. The molecule has 1 saturated heterocycles. The molecule has 1 saturated carbocycles. The van der Waals surface area contributed by atoms with Gasteiger partial charge in [0.15, 0.2) is 0 Å². The smallest absolute Gasteiger partial charge is 0.246 e. The molecule has 0 unspecified atom stereocenters. The van der Waals surface area contributed by atoms with E-state index in [1.165, 1.54) is 32.1 Å². The van der Waals surface area contributed by atoms with Gasteiger partial charge in [0.2, 0.25) is 5.91 Å². The second-order valence-corrected chi connectivity index (χ2v) is 4.72. The second kappa shape index (κ2) is 3.76. The van der Waals surface area contributed by atoms with Crippen LogP contribution in [0, 0.1) is 5.41 Å². The molecule has 2 nitrogen and oxygen atoms in total. The van der Waals surface area contributed by atoms with E-state index in [1.54, 1.807) is 6.08 Å². The van der Waals surface area contributed by atoms with Gasteiger partial charge in [-0.25, -0.2) is 0 Å². The summed E-state index contributed by atoms with van der Waals surface area (Å²) in [4.78, 5) is 13.6. The number of hydrogen-bond donors (Lipinski definition) is 0. The van der Waals surface area contributed by atoms with Crippen LogP contribution in [0.2, 0.25) is 0 Å². The van der Waals surface area contributed by atoms with E-state index in [4.69, 9.17) is 0 Å². The van der Waals surface area contributed by atoms with Crippen molar-refractivity contribution < 1.29 is 4.79 Å². The van der Waals surface area contributed by atoms with Crippen molar-refractivity contribution in [3.8, 4) is 0 Å². The van der Waals surface area contributed by atoms with Crippen LogP contribution in [0.5, 0.6) is 0 Å². The number of carbonyl (C=O) groups excluding carboxylic acids is 1. The SMILES string of the molecule is C/C=C/C(=O)N1CCC2(CCCC2)C1. The molecule has 0 aromatic rings. The molecule has 1 aliphatic carbocycles. The van der Waals surface area contributed by atoms with Crippen molar-refractivity contribution in [2.75, 3.05) is 13.1 Å². The molecule has 2 rings (SSSR count). The fourth-order valence-corrected chi connectivity index (χ4v) is 2.90. The molecule has 1 aliphatic heterocycles. The third-order valence-electron chi connectivity index (χ3n) is 3.72. The predicted octanol–water partition coefficient (Wildman–Crippen LogP) is 2.36. The molecule has 0 aromatic heterocycles. The van der Waals surface area contributed by atoms with Crippen molar-refractivity contribution in [3.05, 3.63) is 12.2 Å². The topological polar surface area (TPSA) is 20.3 Å². The lowest BCUT2D eigenvalue weighted by Gasteiger charge is -2.22. The normalized spacial score (nSPS) is 25.4. The number of allylic oxidation sites excluding steroid dienone is 1. The third kappa shape index (κ3) is 1.70. The van der Waals surface area contributed by atoms with Crippen molar-refractivity contribution in [2.24, 2.45) is 5.41 Å². The fraction of sp³-hybridized carbons (Fsp3) is 0.750. The number of amides is 1. The van der Waals surface area contributed by atoms with Gasteiger partial charge in [-0.05, 0) is 37.7 Å². The van der Waals surface area contributed by atoms with Gasteiger partial charge in [0.05, 0.1) is 0 Å². The van der Waals surface area contributed by atoms with Gasteiger partial charge in [0, 0.05) is 13.1 Å².